The van der Waals surface area contributed by atoms with Crippen molar-refractivity contribution in [2.75, 3.05) is 6.54 Å². The number of amides is 1. The number of carbonyl (C=O) groups is 3. The maximum Gasteiger partial charge on any atom is 0.410 e. The van der Waals surface area contributed by atoms with Crippen molar-refractivity contribution in [2.45, 2.75) is 66.1 Å². The maximum atomic E-state index is 11.6. The van der Waals surface area contributed by atoms with Gasteiger partial charge < -0.3 is 19.9 Å². The summed E-state index contributed by atoms with van der Waals surface area (Å²) in [5.41, 5.74) is 0. The number of aliphatic carboxylic acids is 1. The van der Waals surface area contributed by atoms with Crippen molar-refractivity contribution in [1.82, 2.24) is 5.32 Å². The molecule has 7 heteroatoms. The van der Waals surface area contributed by atoms with Crippen LogP contribution in [0.25, 0.3) is 0 Å². The molecule has 0 aromatic rings. The third-order valence-electron chi connectivity index (χ3n) is 3.39. The fraction of sp³-hybridized carbons (Fsp3) is 0.812. The molecule has 0 aromatic heterocycles. The number of esters is 1. The SMILES string of the molecule is CCCC[C@@H](C)C[C@H](CNC(=O)O[C@@H](C)OC(C)=O)CC(=O)O. The molecule has 3 atom stereocenters. The van der Waals surface area contributed by atoms with Crippen LogP contribution in [0.15, 0.2) is 0 Å². The predicted molar refractivity (Wildman–Crippen MR) is 84.8 cm³/mol. The van der Waals surface area contributed by atoms with E-state index in [1.165, 1.54) is 13.8 Å². The van der Waals surface area contributed by atoms with Gasteiger partial charge in [0.05, 0.1) is 0 Å². The van der Waals surface area contributed by atoms with E-state index in [1.807, 2.05) is 0 Å². The van der Waals surface area contributed by atoms with E-state index in [0.29, 0.717) is 5.92 Å². The molecule has 2 N–H and O–H groups in total. The highest BCUT2D eigenvalue weighted by Gasteiger charge is 2.19. The first-order valence-electron chi connectivity index (χ1n) is 8.08. The van der Waals surface area contributed by atoms with E-state index in [9.17, 15) is 14.4 Å². The van der Waals surface area contributed by atoms with E-state index in [0.717, 1.165) is 25.7 Å². The van der Waals surface area contributed by atoms with Gasteiger partial charge in [-0.15, -0.1) is 0 Å². The molecule has 0 saturated heterocycles. The molecule has 0 saturated carbocycles. The molecule has 7 nitrogen and oxygen atoms in total. The van der Waals surface area contributed by atoms with Gasteiger partial charge >= 0.3 is 18.0 Å². The minimum Gasteiger partial charge on any atom is -0.481 e. The van der Waals surface area contributed by atoms with Gasteiger partial charge in [-0.1, -0.05) is 33.1 Å². The fourth-order valence-corrected chi connectivity index (χ4v) is 2.40. The number of carboxylic acid groups (broad SMARTS) is 1. The molecule has 23 heavy (non-hydrogen) atoms. The number of unbranched alkanes of at least 4 members (excludes halogenated alkanes) is 1. The number of nitrogens with one attached hydrogen (secondary N) is 1. The number of hydrogen-bond acceptors (Lipinski definition) is 5. The van der Waals surface area contributed by atoms with Crippen LogP contribution in [0, 0.1) is 11.8 Å². The van der Waals surface area contributed by atoms with Crippen LogP contribution >= 0.6 is 0 Å². The summed E-state index contributed by atoms with van der Waals surface area (Å²) in [5, 5.41) is 11.5. The summed E-state index contributed by atoms with van der Waals surface area (Å²) in [4.78, 5) is 33.3. The van der Waals surface area contributed by atoms with E-state index in [-0.39, 0.29) is 18.9 Å². The third kappa shape index (κ3) is 12.4. The van der Waals surface area contributed by atoms with E-state index < -0.39 is 24.3 Å². The standard InChI is InChI=1S/C16H29NO6/c1-5-6-7-11(2)8-14(9-15(19)20)10-17-16(21)23-13(4)22-12(3)18/h11,13-14H,5-10H2,1-4H3,(H,17,21)(H,19,20)/t11-,13+,14+/m1/s1. The summed E-state index contributed by atoms with van der Waals surface area (Å²) in [5.74, 6) is -1.19. The first-order chi connectivity index (χ1) is 10.7. The van der Waals surface area contributed by atoms with Crippen molar-refractivity contribution < 1.29 is 29.0 Å². The molecule has 0 rings (SSSR count). The number of alkyl carbamates (subject to hydrolysis) is 1. The van der Waals surface area contributed by atoms with Gasteiger partial charge in [0, 0.05) is 26.8 Å². The van der Waals surface area contributed by atoms with Gasteiger partial charge in [-0.05, 0) is 18.3 Å². The molecule has 0 fully saturated rings. The summed E-state index contributed by atoms with van der Waals surface area (Å²) in [7, 11) is 0. The van der Waals surface area contributed by atoms with E-state index in [2.05, 4.69) is 23.9 Å². The lowest BCUT2D eigenvalue weighted by molar-refractivity contribution is -0.162. The lowest BCUT2D eigenvalue weighted by atomic mass is 9.90. The molecule has 134 valence electrons. The van der Waals surface area contributed by atoms with Gasteiger partial charge in [-0.3, -0.25) is 9.59 Å². The first kappa shape index (κ1) is 21.2. The summed E-state index contributed by atoms with van der Waals surface area (Å²) >= 11 is 0. The monoisotopic (exact) mass is 331 g/mol. The first-order valence-corrected chi connectivity index (χ1v) is 8.08. The van der Waals surface area contributed by atoms with Crippen molar-refractivity contribution in [3.63, 3.8) is 0 Å². The largest absolute Gasteiger partial charge is 0.481 e. The molecule has 0 unspecified atom stereocenters. The second-order valence-electron chi connectivity index (χ2n) is 5.91. The van der Waals surface area contributed by atoms with E-state index in [4.69, 9.17) is 9.84 Å². The Morgan fingerprint density at radius 2 is 1.83 bits per heavy atom. The number of rotatable bonds is 11. The number of carboxylic acids is 1. The van der Waals surface area contributed by atoms with E-state index in [1.54, 1.807) is 0 Å². The highest BCUT2D eigenvalue weighted by atomic mass is 16.7. The summed E-state index contributed by atoms with van der Waals surface area (Å²) in [6.07, 6.45) is 2.27. The summed E-state index contributed by atoms with van der Waals surface area (Å²) in [6, 6.07) is 0. The molecule has 0 spiro atoms. The average molecular weight is 331 g/mol. The Morgan fingerprint density at radius 3 is 2.35 bits per heavy atom. The topological polar surface area (TPSA) is 102 Å². The van der Waals surface area contributed by atoms with Crippen molar-refractivity contribution in [3.8, 4) is 0 Å². The molecule has 1 amide bonds. The minimum absolute atomic E-state index is 0.00373. The van der Waals surface area contributed by atoms with Gasteiger partial charge in [0.15, 0.2) is 0 Å². The van der Waals surface area contributed by atoms with Crippen molar-refractivity contribution in [1.29, 1.82) is 0 Å². The normalized spacial score (nSPS) is 14.4. The Morgan fingerprint density at radius 1 is 1.17 bits per heavy atom. The van der Waals surface area contributed by atoms with Gasteiger partial charge in [0.1, 0.15) is 0 Å². The third-order valence-corrected chi connectivity index (χ3v) is 3.39. The Hall–Kier alpha value is -1.79. The minimum atomic E-state index is -0.978. The van der Waals surface area contributed by atoms with Crippen molar-refractivity contribution in [2.24, 2.45) is 11.8 Å². The molecule has 0 bridgehead atoms. The summed E-state index contributed by atoms with van der Waals surface area (Å²) in [6.45, 7) is 7.07. The van der Waals surface area contributed by atoms with Crippen LogP contribution in [-0.2, 0) is 19.1 Å². The zero-order valence-corrected chi connectivity index (χ0v) is 14.5. The van der Waals surface area contributed by atoms with Crippen molar-refractivity contribution >= 4 is 18.0 Å². The lowest BCUT2D eigenvalue weighted by Crippen LogP contribution is -2.34. The van der Waals surface area contributed by atoms with Crippen LogP contribution in [0.2, 0.25) is 0 Å². The van der Waals surface area contributed by atoms with Gasteiger partial charge in [0.2, 0.25) is 6.29 Å². The van der Waals surface area contributed by atoms with Crippen LogP contribution in [0.5, 0.6) is 0 Å². The highest BCUT2D eigenvalue weighted by Crippen LogP contribution is 2.20. The smallest absolute Gasteiger partial charge is 0.410 e. The number of carbonyl (C=O) groups excluding carboxylic acids is 2. The highest BCUT2D eigenvalue weighted by molar-refractivity contribution is 5.69. The van der Waals surface area contributed by atoms with Crippen molar-refractivity contribution in [3.05, 3.63) is 0 Å². The number of hydrogen-bond donors (Lipinski definition) is 2. The van der Waals surface area contributed by atoms with Crippen LogP contribution < -0.4 is 5.32 Å². The lowest BCUT2D eigenvalue weighted by Gasteiger charge is -2.20. The van der Waals surface area contributed by atoms with Crippen LogP contribution in [0.3, 0.4) is 0 Å². The van der Waals surface area contributed by atoms with Crippen LogP contribution in [-0.4, -0.2) is 36.0 Å². The predicted octanol–water partition coefficient (Wildman–Crippen LogP) is 2.93. The molecule has 0 radical (unpaired) electrons. The zero-order valence-electron chi connectivity index (χ0n) is 14.5. The molecule has 0 aliphatic carbocycles. The fourth-order valence-electron chi connectivity index (χ4n) is 2.40. The molecule has 0 aliphatic heterocycles. The second kappa shape index (κ2) is 11.7. The zero-order chi connectivity index (χ0) is 17.8. The second-order valence-corrected chi connectivity index (χ2v) is 5.91. The van der Waals surface area contributed by atoms with Crippen LogP contribution in [0.4, 0.5) is 4.79 Å². The molecule has 0 heterocycles. The average Bonchev–Trinajstić information content (AvgIpc) is 2.40. The van der Waals surface area contributed by atoms with Gasteiger partial charge in [0.25, 0.3) is 0 Å². The Kier molecular flexibility index (Phi) is 10.8. The van der Waals surface area contributed by atoms with E-state index >= 15 is 0 Å². The maximum absolute atomic E-state index is 11.6. The Bertz CT molecular complexity index is 385. The molecule has 0 aliphatic rings. The Labute approximate surface area is 137 Å². The Balaban J connectivity index is 4.29. The van der Waals surface area contributed by atoms with Crippen LogP contribution in [0.1, 0.15) is 59.8 Å². The molecular formula is C16H29NO6. The quantitative estimate of drug-likeness (QED) is 0.446. The van der Waals surface area contributed by atoms with Gasteiger partial charge in [-0.2, -0.15) is 0 Å². The molecular weight excluding hydrogens is 302 g/mol. The number of ether oxygens (including phenoxy) is 2. The summed E-state index contributed by atoms with van der Waals surface area (Å²) < 4.78 is 9.53. The molecule has 0 aromatic carbocycles. The van der Waals surface area contributed by atoms with Gasteiger partial charge in [-0.25, -0.2) is 4.79 Å².